The fourth-order valence-corrected chi connectivity index (χ4v) is 6.74. The summed E-state index contributed by atoms with van der Waals surface area (Å²) in [5, 5.41) is 33.1. The number of nitro groups is 1. The van der Waals surface area contributed by atoms with Crippen LogP contribution in [-0.2, 0) is 23.9 Å². The van der Waals surface area contributed by atoms with Crippen LogP contribution in [0.15, 0.2) is 69.6 Å². The molecule has 0 atom stereocenters. The number of phenols is 1. The molecule has 4 aromatic rings. The molecule has 0 saturated heterocycles. The number of nitrogens with zero attached hydrogens (tertiary/aromatic N) is 5. The Kier molecular flexibility index (Phi) is 10.5. The SMILES string of the molecule is CCCCn1c(=O)n(CCCC)c2cc([N+](=O)[O-])c(N=Nc3cc(C(C)(C)CC(C)(C)C)cc(C(C)(C)c4ccccc4)c3O)cc21. The smallest absolute Gasteiger partial charge is 0.329 e. The van der Waals surface area contributed by atoms with Crippen LogP contribution in [0.1, 0.15) is 111 Å². The van der Waals surface area contributed by atoms with Crippen LogP contribution in [0.3, 0.4) is 0 Å². The average Bonchev–Trinajstić information content (AvgIpc) is 3.25. The van der Waals surface area contributed by atoms with Gasteiger partial charge in [0.1, 0.15) is 11.4 Å². The number of aryl methyl sites for hydroxylation is 2. The maximum atomic E-state index is 13.5. The van der Waals surface area contributed by atoms with E-state index in [1.165, 1.54) is 6.07 Å². The van der Waals surface area contributed by atoms with Crippen molar-refractivity contribution >= 4 is 28.1 Å². The van der Waals surface area contributed by atoms with E-state index in [0.29, 0.717) is 29.7 Å². The van der Waals surface area contributed by atoms with Gasteiger partial charge in [0.25, 0.3) is 5.69 Å². The Morgan fingerprint density at radius 1 is 0.787 bits per heavy atom. The molecular formula is C38H51N5O4. The third-order valence-corrected chi connectivity index (χ3v) is 9.06. The second-order valence-electron chi connectivity index (χ2n) is 15.1. The van der Waals surface area contributed by atoms with Crippen LogP contribution in [-0.4, -0.2) is 19.2 Å². The maximum absolute atomic E-state index is 13.5. The number of unbranched alkanes of at least 4 members (excludes halogenated alkanes) is 2. The second kappa shape index (κ2) is 13.8. The molecule has 0 aliphatic carbocycles. The molecule has 0 bridgehead atoms. The Morgan fingerprint density at radius 2 is 1.34 bits per heavy atom. The summed E-state index contributed by atoms with van der Waals surface area (Å²) < 4.78 is 3.32. The summed E-state index contributed by atoms with van der Waals surface area (Å²) in [6.45, 7) is 20.2. The molecule has 1 heterocycles. The van der Waals surface area contributed by atoms with E-state index in [-0.39, 0.29) is 39.3 Å². The van der Waals surface area contributed by atoms with Gasteiger partial charge >= 0.3 is 5.69 Å². The van der Waals surface area contributed by atoms with E-state index in [0.717, 1.165) is 43.2 Å². The molecule has 0 fully saturated rings. The summed E-state index contributed by atoms with van der Waals surface area (Å²) in [5.74, 6) is -0.0211. The first-order valence-electron chi connectivity index (χ1n) is 16.8. The molecule has 0 radical (unpaired) electrons. The number of azo groups is 1. The number of hydrogen-bond acceptors (Lipinski definition) is 6. The minimum absolute atomic E-state index is 0.0211. The van der Waals surface area contributed by atoms with Gasteiger partial charge in [0, 0.05) is 30.1 Å². The lowest BCUT2D eigenvalue weighted by Gasteiger charge is -2.35. The number of rotatable bonds is 13. The first kappa shape index (κ1) is 35.6. The largest absolute Gasteiger partial charge is 0.505 e. The number of nitro benzene ring substituents is 1. The molecule has 4 rings (SSSR count). The number of fused-ring (bicyclic) bond motifs is 1. The van der Waals surface area contributed by atoms with E-state index in [4.69, 9.17) is 0 Å². The van der Waals surface area contributed by atoms with Gasteiger partial charge in [-0.15, -0.1) is 10.2 Å². The second-order valence-corrected chi connectivity index (χ2v) is 15.1. The van der Waals surface area contributed by atoms with Gasteiger partial charge in [-0.1, -0.05) is 112 Å². The summed E-state index contributed by atoms with van der Waals surface area (Å²) in [6, 6.07) is 16.9. The van der Waals surface area contributed by atoms with E-state index in [9.17, 15) is 20.0 Å². The monoisotopic (exact) mass is 641 g/mol. The van der Waals surface area contributed by atoms with E-state index in [1.807, 2.05) is 43.3 Å². The molecular weight excluding hydrogens is 590 g/mol. The minimum atomic E-state index is -0.578. The van der Waals surface area contributed by atoms with Crippen molar-refractivity contribution < 1.29 is 10.0 Å². The van der Waals surface area contributed by atoms with Crippen molar-refractivity contribution in [1.29, 1.82) is 0 Å². The minimum Gasteiger partial charge on any atom is -0.505 e. The zero-order valence-corrected chi connectivity index (χ0v) is 29.6. The zero-order valence-electron chi connectivity index (χ0n) is 29.6. The first-order valence-corrected chi connectivity index (χ1v) is 16.8. The van der Waals surface area contributed by atoms with Crippen molar-refractivity contribution in [2.45, 2.75) is 118 Å². The van der Waals surface area contributed by atoms with Crippen molar-refractivity contribution in [2.24, 2.45) is 15.6 Å². The Hall–Kier alpha value is -4.27. The van der Waals surface area contributed by atoms with Crippen molar-refractivity contribution in [1.82, 2.24) is 9.13 Å². The number of aromatic hydroxyl groups is 1. The van der Waals surface area contributed by atoms with Crippen molar-refractivity contribution in [3.8, 4) is 5.75 Å². The first-order chi connectivity index (χ1) is 22.0. The van der Waals surface area contributed by atoms with Crippen molar-refractivity contribution in [3.63, 3.8) is 0 Å². The molecule has 252 valence electrons. The summed E-state index contributed by atoms with van der Waals surface area (Å²) in [7, 11) is 0. The average molecular weight is 642 g/mol. The number of imidazole rings is 1. The molecule has 0 spiro atoms. The fraction of sp³-hybridized carbons (Fsp3) is 0.500. The van der Waals surface area contributed by atoms with Crippen LogP contribution in [0.2, 0.25) is 0 Å². The molecule has 3 aromatic carbocycles. The summed E-state index contributed by atoms with van der Waals surface area (Å²) in [5.41, 5.74) is 2.86. The van der Waals surface area contributed by atoms with Crippen LogP contribution < -0.4 is 5.69 Å². The third-order valence-electron chi connectivity index (χ3n) is 9.06. The quantitative estimate of drug-likeness (QED) is 0.0888. The van der Waals surface area contributed by atoms with Crippen LogP contribution in [0, 0.1) is 15.5 Å². The Labute approximate surface area is 278 Å². The van der Waals surface area contributed by atoms with Crippen LogP contribution >= 0.6 is 0 Å². The van der Waals surface area contributed by atoms with Gasteiger partial charge in [0.2, 0.25) is 0 Å². The number of phenolic OH excluding ortho intramolecular Hbond substituents is 1. The fourth-order valence-electron chi connectivity index (χ4n) is 6.74. The molecule has 9 heteroatoms. The predicted molar refractivity (Wildman–Crippen MR) is 191 cm³/mol. The third kappa shape index (κ3) is 7.66. The number of benzene rings is 3. The molecule has 0 unspecified atom stereocenters. The summed E-state index contributed by atoms with van der Waals surface area (Å²) in [4.78, 5) is 25.3. The molecule has 0 saturated carbocycles. The molecule has 47 heavy (non-hydrogen) atoms. The highest BCUT2D eigenvalue weighted by Crippen LogP contribution is 2.47. The molecule has 1 N–H and O–H groups in total. The highest BCUT2D eigenvalue weighted by atomic mass is 16.6. The maximum Gasteiger partial charge on any atom is 0.329 e. The summed E-state index contributed by atoms with van der Waals surface area (Å²) >= 11 is 0. The van der Waals surface area contributed by atoms with E-state index in [2.05, 4.69) is 71.7 Å². The standard InChI is InChI=1S/C38H51N5O4/c1-10-12-19-41-32-23-29(31(43(46)47)24-33(32)42(35(41)45)20-13-11-2)39-40-30-22-27(37(6,7)25-36(3,4)5)21-28(34(30)44)38(8,9)26-17-15-14-16-18-26/h14-18,21-24,44H,10-13,19-20,25H2,1-9H3. The van der Waals surface area contributed by atoms with Gasteiger partial charge in [-0.2, -0.15) is 0 Å². The lowest BCUT2D eigenvalue weighted by Crippen LogP contribution is -2.26. The molecule has 0 aliphatic rings. The molecule has 1 aromatic heterocycles. The highest BCUT2D eigenvalue weighted by molar-refractivity contribution is 5.85. The predicted octanol–water partition coefficient (Wildman–Crippen LogP) is 10.5. The van der Waals surface area contributed by atoms with Crippen molar-refractivity contribution in [3.05, 3.63) is 91.9 Å². The van der Waals surface area contributed by atoms with Gasteiger partial charge in [-0.05, 0) is 53.4 Å². The number of aromatic nitrogens is 2. The topological polar surface area (TPSA) is 115 Å². The highest BCUT2D eigenvalue weighted by Gasteiger charge is 2.33. The zero-order chi connectivity index (χ0) is 34.7. The normalized spacial score (nSPS) is 12.8. The Bertz CT molecular complexity index is 1830. The van der Waals surface area contributed by atoms with Crippen LogP contribution in [0.5, 0.6) is 5.75 Å². The Morgan fingerprint density at radius 3 is 1.87 bits per heavy atom. The lowest BCUT2D eigenvalue weighted by atomic mass is 9.70. The van der Waals surface area contributed by atoms with Crippen LogP contribution in [0.25, 0.3) is 11.0 Å². The number of hydrogen-bond donors (Lipinski definition) is 1. The van der Waals surface area contributed by atoms with Crippen LogP contribution in [0.4, 0.5) is 17.1 Å². The van der Waals surface area contributed by atoms with Gasteiger partial charge in [0.05, 0.1) is 16.0 Å². The van der Waals surface area contributed by atoms with E-state index in [1.54, 1.807) is 15.2 Å². The van der Waals surface area contributed by atoms with Crippen molar-refractivity contribution in [2.75, 3.05) is 0 Å². The van der Waals surface area contributed by atoms with E-state index < -0.39 is 10.3 Å². The summed E-state index contributed by atoms with van der Waals surface area (Å²) in [6.07, 6.45) is 4.24. The van der Waals surface area contributed by atoms with Gasteiger partial charge in [-0.3, -0.25) is 19.2 Å². The molecule has 0 aliphatic heterocycles. The lowest BCUT2D eigenvalue weighted by molar-refractivity contribution is -0.384. The molecule has 0 amide bonds. The van der Waals surface area contributed by atoms with Gasteiger partial charge in [-0.25, -0.2) is 4.79 Å². The molecule has 9 nitrogen and oxygen atoms in total. The van der Waals surface area contributed by atoms with E-state index >= 15 is 0 Å². The van der Waals surface area contributed by atoms with Gasteiger partial charge in [0.15, 0.2) is 5.69 Å². The Balaban J connectivity index is 1.95. The van der Waals surface area contributed by atoms with Gasteiger partial charge < -0.3 is 5.11 Å².